The minimum absolute atomic E-state index is 0.0314. The van der Waals surface area contributed by atoms with Gasteiger partial charge in [-0.3, -0.25) is 0 Å². The lowest BCUT2D eigenvalue weighted by atomic mass is 10.1. The van der Waals surface area contributed by atoms with Gasteiger partial charge in [-0.25, -0.2) is 4.79 Å². The number of carbonyl (C=O) groups excluding carboxylic acids is 1. The first-order valence-corrected chi connectivity index (χ1v) is 19.8. The number of esters is 1. The summed E-state index contributed by atoms with van der Waals surface area (Å²) in [6, 6.07) is 9.24. The molecule has 44 heavy (non-hydrogen) atoms. The molecule has 0 aliphatic carbocycles. The SMILES string of the molecule is CCCCCCCCCCCCSC(CCCCCCC)C(C)OC(C)C(O)(C(=O)OCc1ccccc1)[P+](=O)OCCC. The number of unbranched alkanes of at least 4 members (excludes halogenated alkanes) is 13. The number of aliphatic hydroxyl groups is 1. The number of thioether (sulfide) groups is 1. The molecule has 0 aromatic heterocycles. The lowest BCUT2D eigenvalue weighted by molar-refractivity contribution is -0.172. The van der Waals surface area contributed by atoms with E-state index in [4.69, 9.17) is 14.0 Å². The zero-order valence-electron chi connectivity index (χ0n) is 28.6. The van der Waals surface area contributed by atoms with Gasteiger partial charge in [0.2, 0.25) is 0 Å². The number of hydrogen-bond acceptors (Lipinski definition) is 7. The summed E-state index contributed by atoms with van der Waals surface area (Å²) in [6.45, 7) is 10.1. The second kappa shape index (κ2) is 26.1. The van der Waals surface area contributed by atoms with Gasteiger partial charge in [-0.1, -0.05) is 141 Å². The minimum atomic E-state index is -2.79. The fourth-order valence-corrected chi connectivity index (χ4v) is 7.68. The number of hydrogen-bond donors (Lipinski definition) is 1. The topological polar surface area (TPSA) is 82.1 Å². The van der Waals surface area contributed by atoms with Gasteiger partial charge in [0.1, 0.15) is 19.3 Å². The van der Waals surface area contributed by atoms with Crippen molar-refractivity contribution in [3.05, 3.63) is 35.9 Å². The maximum atomic E-state index is 13.3. The fraction of sp³-hybridized carbons (Fsp3) is 0.806. The van der Waals surface area contributed by atoms with Crippen molar-refractivity contribution in [1.82, 2.24) is 0 Å². The van der Waals surface area contributed by atoms with Crippen LogP contribution < -0.4 is 0 Å². The molecule has 5 atom stereocenters. The predicted molar refractivity (Wildman–Crippen MR) is 187 cm³/mol. The van der Waals surface area contributed by atoms with Crippen molar-refractivity contribution < 1.29 is 28.5 Å². The molecule has 8 heteroatoms. The molecule has 0 radical (unpaired) electrons. The van der Waals surface area contributed by atoms with E-state index in [-0.39, 0.29) is 24.6 Å². The normalized spacial score (nSPS) is 15.4. The van der Waals surface area contributed by atoms with Crippen LogP contribution >= 0.6 is 19.8 Å². The molecule has 0 saturated carbocycles. The molecular formula is C36H64O6PS+. The molecule has 5 unspecified atom stereocenters. The van der Waals surface area contributed by atoms with Crippen LogP contribution in [0.3, 0.4) is 0 Å². The Bertz CT molecular complexity index is 856. The molecule has 0 spiro atoms. The molecule has 1 aromatic rings. The molecule has 254 valence electrons. The van der Waals surface area contributed by atoms with Crippen molar-refractivity contribution in [1.29, 1.82) is 0 Å². The molecule has 0 aliphatic heterocycles. The molecule has 1 rings (SSSR count). The molecule has 0 saturated heterocycles. The number of ether oxygens (including phenoxy) is 2. The van der Waals surface area contributed by atoms with E-state index in [9.17, 15) is 14.5 Å². The van der Waals surface area contributed by atoms with E-state index < -0.39 is 25.4 Å². The molecule has 6 nitrogen and oxygen atoms in total. The summed E-state index contributed by atoms with van der Waals surface area (Å²) in [5.41, 5.74) is 0.779. The molecule has 0 aliphatic rings. The molecule has 1 aromatic carbocycles. The Morgan fingerprint density at radius 2 is 1.36 bits per heavy atom. The fourth-order valence-electron chi connectivity index (χ4n) is 5.22. The highest BCUT2D eigenvalue weighted by atomic mass is 32.2. The van der Waals surface area contributed by atoms with Gasteiger partial charge in [0, 0.05) is 5.25 Å². The third-order valence-corrected chi connectivity index (χ3v) is 11.2. The van der Waals surface area contributed by atoms with Crippen LogP contribution in [0.4, 0.5) is 0 Å². The van der Waals surface area contributed by atoms with Crippen LogP contribution in [0.2, 0.25) is 0 Å². The van der Waals surface area contributed by atoms with Crippen LogP contribution in [0.1, 0.15) is 149 Å². The van der Waals surface area contributed by atoms with E-state index >= 15 is 0 Å². The molecule has 0 bridgehead atoms. The van der Waals surface area contributed by atoms with Crippen molar-refractivity contribution in [2.75, 3.05) is 12.4 Å². The summed E-state index contributed by atoms with van der Waals surface area (Å²) >= 11 is 1.93. The molecule has 0 fully saturated rings. The Morgan fingerprint density at radius 3 is 1.93 bits per heavy atom. The highest BCUT2D eigenvalue weighted by Gasteiger charge is 2.64. The molecule has 0 heterocycles. The van der Waals surface area contributed by atoms with Gasteiger partial charge in [0.05, 0.1) is 6.10 Å². The second-order valence-electron chi connectivity index (χ2n) is 12.2. The summed E-state index contributed by atoms with van der Waals surface area (Å²) in [5, 5.41) is 9.40. The summed E-state index contributed by atoms with van der Waals surface area (Å²) in [5.74, 6) is 0.0857. The summed E-state index contributed by atoms with van der Waals surface area (Å²) < 4.78 is 30.4. The van der Waals surface area contributed by atoms with E-state index in [1.54, 1.807) is 6.92 Å². The average Bonchev–Trinajstić information content (AvgIpc) is 3.03. The minimum Gasteiger partial charge on any atom is -0.455 e. The van der Waals surface area contributed by atoms with Crippen molar-refractivity contribution >= 4 is 25.8 Å². The zero-order valence-corrected chi connectivity index (χ0v) is 30.3. The quantitative estimate of drug-likeness (QED) is 0.0522. The second-order valence-corrected chi connectivity index (χ2v) is 15.0. The van der Waals surface area contributed by atoms with E-state index in [1.165, 1.54) is 89.9 Å². The first-order valence-electron chi connectivity index (χ1n) is 17.6. The Balaban J connectivity index is 2.77. The lowest BCUT2D eigenvalue weighted by Crippen LogP contribution is -2.49. The Labute approximate surface area is 275 Å². The largest absolute Gasteiger partial charge is 0.559 e. The van der Waals surface area contributed by atoms with Crippen molar-refractivity contribution in [2.24, 2.45) is 0 Å². The van der Waals surface area contributed by atoms with Gasteiger partial charge in [0.25, 0.3) is 0 Å². The summed E-state index contributed by atoms with van der Waals surface area (Å²) in [6.07, 6.45) is 19.5. The van der Waals surface area contributed by atoms with Gasteiger partial charge in [-0.05, 0) is 49.0 Å². The van der Waals surface area contributed by atoms with Crippen LogP contribution in [-0.4, -0.2) is 46.2 Å². The standard InChI is InChI=1S/C36H64O6PS/c1-6-9-11-13-14-15-16-17-19-24-29-44-34(27-23-18-12-10-7-2)31(4)42-32(5)36(38,43(39)41-28-8-3)35(37)40-30-33-25-21-20-22-26-33/h20-22,25-26,31-32,34,38H,6-19,23-24,27-30H2,1-5H3/q+1. The monoisotopic (exact) mass is 655 g/mol. The van der Waals surface area contributed by atoms with E-state index in [1.807, 2.05) is 55.9 Å². The number of benzene rings is 1. The third kappa shape index (κ3) is 17.1. The number of carbonyl (C=O) groups is 1. The van der Waals surface area contributed by atoms with Crippen LogP contribution in [0.25, 0.3) is 0 Å². The smallest absolute Gasteiger partial charge is 0.455 e. The van der Waals surface area contributed by atoms with Crippen LogP contribution in [0, 0.1) is 0 Å². The number of rotatable bonds is 29. The zero-order chi connectivity index (χ0) is 32.5. The Kier molecular flexibility index (Phi) is 24.4. The van der Waals surface area contributed by atoms with E-state index in [0.29, 0.717) is 6.42 Å². The van der Waals surface area contributed by atoms with Crippen LogP contribution in [-0.2, 0) is 30.0 Å². The highest BCUT2D eigenvalue weighted by molar-refractivity contribution is 7.99. The summed E-state index contributed by atoms with van der Waals surface area (Å²) in [4.78, 5) is 13.3. The first-order chi connectivity index (χ1) is 21.3. The Hall–Kier alpha value is -0.980. The van der Waals surface area contributed by atoms with Gasteiger partial charge in [-0.2, -0.15) is 11.8 Å². The highest BCUT2D eigenvalue weighted by Crippen LogP contribution is 2.44. The maximum absolute atomic E-state index is 13.3. The van der Waals surface area contributed by atoms with E-state index in [2.05, 4.69) is 13.8 Å². The predicted octanol–water partition coefficient (Wildman–Crippen LogP) is 10.8. The van der Waals surface area contributed by atoms with Gasteiger partial charge >= 0.3 is 19.3 Å². The Morgan fingerprint density at radius 1 is 0.818 bits per heavy atom. The van der Waals surface area contributed by atoms with Gasteiger partial charge in [-0.15, -0.1) is 4.52 Å². The summed E-state index contributed by atoms with van der Waals surface area (Å²) in [7, 11) is -2.79. The lowest BCUT2D eigenvalue weighted by Gasteiger charge is -2.29. The molecule has 0 amide bonds. The molecule has 1 N–H and O–H groups in total. The van der Waals surface area contributed by atoms with E-state index in [0.717, 1.165) is 24.2 Å². The average molecular weight is 656 g/mol. The maximum Gasteiger partial charge on any atom is 0.559 e. The van der Waals surface area contributed by atoms with Crippen LogP contribution in [0.15, 0.2) is 30.3 Å². The van der Waals surface area contributed by atoms with Crippen molar-refractivity contribution in [3.8, 4) is 0 Å². The van der Waals surface area contributed by atoms with Crippen molar-refractivity contribution in [3.63, 3.8) is 0 Å². The molecular weight excluding hydrogens is 591 g/mol. The third-order valence-electron chi connectivity index (χ3n) is 8.14. The van der Waals surface area contributed by atoms with Crippen molar-refractivity contribution in [2.45, 2.75) is 173 Å². The van der Waals surface area contributed by atoms with Crippen LogP contribution in [0.5, 0.6) is 0 Å². The van der Waals surface area contributed by atoms with Gasteiger partial charge in [0.15, 0.2) is 0 Å². The first kappa shape index (κ1) is 41.0. The van der Waals surface area contributed by atoms with Gasteiger partial charge < -0.3 is 14.6 Å².